The molecule has 1 aromatic carbocycles. The first kappa shape index (κ1) is 14.7. The van der Waals surface area contributed by atoms with E-state index in [4.69, 9.17) is 0 Å². The number of rotatable bonds is 6. The Morgan fingerprint density at radius 3 is 2.80 bits per heavy atom. The summed E-state index contributed by atoms with van der Waals surface area (Å²) in [7, 11) is 0. The number of nitrogens with one attached hydrogen (secondary N) is 2. The SMILES string of the molecule is CC/C=C(/C)CSc1n[nH]c(Nc2ccc(C)cc2)n1. The van der Waals surface area contributed by atoms with Gasteiger partial charge < -0.3 is 5.32 Å². The molecule has 0 aliphatic rings. The van der Waals surface area contributed by atoms with Gasteiger partial charge in [-0.2, -0.15) is 4.98 Å². The van der Waals surface area contributed by atoms with Crippen molar-refractivity contribution in [1.29, 1.82) is 0 Å². The first-order valence-corrected chi connectivity index (χ1v) is 7.70. The van der Waals surface area contributed by atoms with Gasteiger partial charge in [0, 0.05) is 11.4 Å². The summed E-state index contributed by atoms with van der Waals surface area (Å²) >= 11 is 1.64. The molecule has 0 saturated heterocycles. The van der Waals surface area contributed by atoms with Crippen LogP contribution in [0, 0.1) is 6.92 Å². The van der Waals surface area contributed by atoms with Crippen LogP contribution in [0.2, 0.25) is 0 Å². The molecule has 1 aromatic heterocycles. The van der Waals surface area contributed by atoms with Crippen molar-refractivity contribution in [3.8, 4) is 0 Å². The van der Waals surface area contributed by atoms with Crippen LogP contribution in [0.5, 0.6) is 0 Å². The molecule has 0 saturated carbocycles. The fourth-order valence-electron chi connectivity index (χ4n) is 1.73. The number of H-pyrrole nitrogens is 1. The molecule has 20 heavy (non-hydrogen) atoms. The Kier molecular flexibility index (Phi) is 5.24. The standard InChI is InChI=1S/C15H20N4S/c1-4-5-12(3)10-20-15-17-14(18-19-15)16-13-8-6-11(2)7-9-13/h5-9H,4,10H2,1-3H3,(H2,16,17,18,19)/b12-5-. The molecule has 0 amide bonds. The highest BCUT2D eigenvalue weighted by Crippen LogP contribution is 2.19. The number of nitrogens with zero attached hydrogens (tertiary/aromatic N) is 2. The van der Waals surface area contributed by atoms with E-state index in [1.54, 1.807) is 11.8 Å². The number of aryl methyl sites for hydroxylation is 1. The van der Waals surface area contributed by atoms with E-state index in [2.05, 4.69) is 59.5 Å². The lowest BCUT2D eigenvalue weighted by molar-refractivity contribution is 0.974. The van der Waals surface area contributed by atoms with Gasteiger partial charge in [0.2, 0.25) is 11.1 Å². The minimum atomic E-state index is 0.675. The van der Waals surface area contributed by atoms with E-state index < -0.39 is 0 Å². The zero-order valence-electron chi connectivity index (χ0n) is 12.1. The minimum absolute atomic E-state index is 0.675. The molecule has 0 fully saturated rings. The molecule has 2 N–H and O–H groups in total. The first-order valence-electron chi connectivity index (χ1n) is 6.72. The Morgan fingerprint density at radius 1 is 1.35 bits per heavy atom. The molecule has 2 rings (SSSR count). The number of thioether (sulfide) groups is 1. The van der Waals surface area contributed by atoms with Crippen LogP contribution in [-0.2, 0) is 0 Å². The second kappa shape index (κ2) is 7.14. The molecular weight excluding hydrogens is 268 g/mol. The second-order valence-corrected chi connectivity index (χ2v) is 5.65. The summed E-state index contributed by atoms with van der Waals surface area (Å²) in [5, 5.41) is 11.1. The van der Waals surface area contributed by atoms with Gasteiger partial charge in [-0.1, -0.05) is 48.0 Å². The van der Waals surface area contributed by atoms with Crippen molar-refractivity contribution < 1.29 is 0 Å². The van der Waals surface area contributed by atoms with Crippen molar-refractivity contribution in [2.24, 2.45) is 0 Å². The molecule has 106 valence electrons. The summed E-state index contributed by atoms with van der Waals surface area (Å²) in [6.07, 6.45) is 3.30. The maximum absolute atomic E-state index is 4.42. The third kappa shape index (κ3) is 4.42. The third-order valence-electron chi connectivity index (χ3n) is 2.76. The predicted molar refractivity (Wildman–Crippen MR) is 85.6 cm³/mol. The fourth-order valence-corrected chi connectivity index (χ4v) is 2.47. The molecule has 0 bridgehead atoms. The van der Waals surface area contributed by atoms with Crippen LogP contribution >= 0.6 is 11.8 Å². The molecular formula is C15H20N4S. The Bertz CT molecular complexity index is 572. The molecule has 0 aliphatic carbocycles. The van der Waals surface area contributed by atoms with E-state index in [0.29, 0.717) is 5.95 Å². The predicted octanol–water partition coefficient (Wildman–Crippen LogP) is 4.31. The first-order chi connectivity index (χ1) is 9.67. The number of aromatic amines is 1. The number of hydrogen-bond acceptors (Lipinski definition) is 4. The molecule has 2 aromatic rings. The van der Waals surface area contributed by atoms with Gasteiger partial charge in [-0.25, -0.2) is 5.10 Å². The van der Waals surface area contributed by atoms with Crippen molar-refractivity contribution in [2.75, 3.05) is 11.1 Å². The number of anilines is 2. The number of benzene rings is 1. The van der Waals surface area contributed by atoms with Crippen LogP contribution in [0.15, 0.2) is 41.1 Å². The van der Waals surface area contributed by atoms with Crippen LogP contribution in [0.25, 0.3) is 0 Å². The van der Waals surface area contributed by atoms with E-state index in [-0.39, 0.29) is 0 Å². The van der Waals surface area contributed by atoms with Crippen molar-refractivity contribution in [2.45, 2.75) is 32.3 Å². The van der Waals surface area contributed by atoms with Crippen molar-refractivity contribution in [1.82, 2.24) is 15.2 Å². The Labute approximate surface area is 124 Å². The van der Waals surface area contributed by atoms with Crippen LogP contribution in [0.1, 0.15) is 25.8 Å². The summed E-state index contributed by atoms with van der Waals surface area (Å²) in [6.45, 7) is 6.35. The number of aromatic nitrogens is 3. The summed E-state index contributed by atoms with van der Waals surface area (Å²) in [5.41, 5.74) is 3.60. The van der Waals surface area contributed by atoms with Gasteiger partial charge in [0.25, 0.3) is 0 Å². The van der Waals surface area contributed by atoms with Crippen molar-refractivity contribution in [3.63, 3.8) is 0 Å². The molecule has 1 heterocycles. The normalized spacial score (nSPS) is 11.7. The van der Waals surface area contributed by atoms with Crippen molar-refractivity contribution >= 4 is 23.4 Å². The average molecular weight is 288 g/mol. The van der Waals surface area contributed by atoms with Crippen LogP contribution in [0.4, 0.5) is 11.6 Å². The lowest BCUT2D eigenvalue weighted by Crippen LogP contribution is -1.92. The van der Waals surface area contributed by atoms with Gasteiger partial charge in [-0.15, -0.1) is 5.10 Å². The molecule has 0 aliphatic heterocycles. The molecule has 5 heteroatoms. The van der Waals surface area contributed by atoms with E-state index in [0.717, 1.165) is 23.0 Å². The third-order valence-corrected chi connectivity index (χ3v) is 3.80. The van der Waals surface area contributed by atoms with Gasteiger partial charge in [0.05, 0.1) is 0 Å². The lowest BCUT2D eigenvalue weighted by atomic mass is 10.2. The highest BCUT2D eigenvalue weighted by Gasteiger charge is 2.04. The van der Waals surface area contributed by atoms with E-state index in [9.17, 15) is 0 Å². The Balaban J connectivity index is 1.92. The topological polar surface area (TPSA) is 53.6 Å². The minimum Gasteiger partial charge on any atom is -0.325 e. The Morgan fingerprint density at radius 2 is 2.10 bits per heavy atom. The van der Waals surface area contributed by atoms with Crippen molar-refractivity contribution in [3.05, 3.63) is 41.5 Å². The number of allylic oxidation sites excluding steroid dienone is 1. The Hall–Kier alpha value is -1.75. The van der Waals surface area contributed by atoms with Gasteiger partial charge in [-0.3, -0.25) is 0 Å². The van der Waals surface area contributed by atoms with Crippen LogP contribution < -0.4 is 5.32 Å². The highest BCUT2D eigenvalue weighted by molar-refractivity contribution is 7.99. The second-order valence-electron chi connectivity index (χ2n) is 4.71. The summed E-state index contributed by atoms with van der Waals surface area (Å²) < 4.78 is 0. The van der Waals surface area contributed by atoms with Crippen LogP contribution in [0.3, 0.4) is 0 Å². The largest absolute Gasteiger partial charge is 0.325 e. The molecule has 0 atom stereocenters. The fraction of sp³-hybridized carbons (Fsp3) is 0.333. The van der Waals surface area contributed by atoms with Gasteiger partial charge in [0.15, 0.2) is 0 Å². The lowest BCUT2D eigenvalue weighted by Gasteiger charge is -2.01. The summed E-state index contributed by atoms with van der Waals surface area (Å²) in [4.78, 5) is 4.42. The quantitative estimate of drug-likeness (QED) is 0.614. The maximum atomic E-state index is 4.42. The maximum Gasteiger partial charge on any atom is 0.223 e. The monoisotopic (exact) mass is 288 g/mol. The zero-order valence-corrected chi connectivity index (χ0v) is 12.9. The zero-order chi connectivity index (χ0) is 14.4. The summed E-state index contributed by atoms with van der Waals surface area (Å²) in [5.74, 6) is 1.60. The number of hydrogen-bond donors (Lipinski definition) is 2. The van der Waals surface area contributed by atoms with E-state index in [1.807, 2.05) is 12.1 Å². The molecule has 4 nitrogen and oxygen atoms in total. The molecule has 0 radical (unpaired) electrons. The average Bonchev–Trinajstić information content (AvgIpc) is 2.87. The molecule has 0 spiro atoms. The molecule has 0 unspecified atom stereocenters. The van der Waals surface area contributed by atoms with Gasteiger partial charge in [-0.05, 0) is 32.4 Å². The van der Waals surface area contributed by atoms with E-state index in [1.165, 1.54) is 11.1 Å². The van der Waals surface area contributed by atoms with Crippen LogP contribution in [-0.4, -0.2) is 20.9 Å². The summed E-state index contributed by atoms with van der Waals surface area (Å²) in [6, 6.07) is 8.18. The van der Waals surface area contributed by atoms with Gasteiger partial charge >= 0.3 is 0 Å². The highest BCUT2D eigenvalue weighted by atomic mass is 32.2. The smallest absolute Gasteiger partial charge is 0.223 e. The van der Waals surface area contributed by atoms with Gasteiger partial charge in [0.1, 0.15) is 0 Å². The van der Waals surface area contributed by atoms with E-state index >= 15 is 0 Å².